The number of anilines is 1. The maximum atomic E-state index is 14.1. The zero-order chi connectivity index (χ0) is 33.7. The van der Waals surface area contributed by atoms with Crippen LogP contribution in [0.4, 0.5) is 14.6 Å². The van der Waals surface area contributed by atoms with Crippen LogP contribution in [0, 0.1) is 45.6 Å². The normalized spacial score (nSPS) is 33.8. The second kappa shape index (κ2) is 12.7. The summed E-state index contributed by atoms with van der Waals surface area (Å²) in [5.41, 5.74) is 1.26. The summed E-state index contributed by atoms with van der Waals surface area (Å²) in [6.45, 7) is 12.4. The number of hydrazone groups is 1. The lowest BCUT2D eigenvalue weighted by molar-refractivity contribution is -0.205. The average molecular weight is 683 g/mol. The van der Waals surface area contributed by atoms with Crippen LogP contribution < -0.4 is 5.43 Å². The summed E-state index contributed by atoms with van der Waals surface area (Å²) in [5.74, 6) is -1.65. The number of hydrogen-bond acceptors (Lipinski definition) is 10. The summed E-state index contributed by atoms with van der Waals surface area (Å²) in [6, 6.07) is 5.05. The quantitative estimate of drug-likeness (QED) is 0.0631. The molecule has 2 bridgehead atoms. The maximum Gasteiger partial charge on any atom is 0.316 e. The van der Waals surface area contributed by atoms with Gasteiger partial charge in [-0.25, -0.2) is 18.7 Å². The molecule has 1 aromatic carbocycles. The van der Waals surface area contributed by atoms with Gasteiger partial charge in [0, 0.05) is 34.8 Å². The number of nitrogens with zero attached hydrogens (tertiary/aromatic N) is 3. The van der Waals surface area contributed by atoms with Crippen LogP contribution >= 0.6 is 23.1 Å². The Hall–Kier alpha value is -3.22. The second-order valence-corrected chi connectivity index (χ2v) is 15.7. The number of thioether (sulfide) groups is 1. The molecule has 0 radical (unpaired) electrons. The summed E-state index contributed by atoms with van der Waals surface area (Å²) in [7, 11) is 0. The first kappa shape index (κ1) is 33.7. The number of rotatable bonds is 8. The second-order valence-electron chi connectivity index (χ2n) is 13.9. The summed E-state index contributed by atoms with van der Waals surface area (Å²) in [4.78, 5) is 37.1. The molecule has 12 heteroatoms. The van der Waals surface area contributed by atoms with Gasteiger partial charge in [-0.05, 0) is 66.5 Å². The number of aliphatic hydroxyl groups is 1. The highest BCUT2D eigenvalue weighted by atomic mass is 32.2. The van der Waals surface area contributed by atoms with E-state index in [-0.39, 0.29) is 40.3 Å². The molecule has 3 aliphatic rings. The van der Waals surface area contributed by atoms with Crippen LogP contribution in [0.5, 0.6) is 0 Å². The average Bonchev–Trinajstić information content (AvgIpc) is 3.66. The van der Waals surface area contributed by atoms with Crippen molar-refractivity contribution in [2.45, 2.75) is 77.2 Å². The molecule has 3 aliphatic carbocycles. The van der Waals surface area contributed by atoms with E-state index in [9.17, 15) is 23.5 Å². The summed E-state index contributed by atoms with van der Waals surface area (Å²) in [5, 5.41) is 18.7. The molecule has 3 aromatic rings. The van der Waals surface area contributed by atoms with Crippen molar-refractivity contribution < 1.29 is 28.2 Å². The van der Waals surface area contributed by atoms with Crippen LogP contribution in [0.3, 0.4) is 0 Å². The number of esters is 1. The maximum absolute atomic E-state index is 14.1. The molecule has 6 rings (SSSR count). The number of hydrogen-bond donors (Lipinski definition) is 2. The predicted molar refractivity (Wildman–Crippen MR) is 180 cm³/mol. The van der Waals surface area contributed by atoms with Crippen LogP contribution in [0.25, 0.3) is 10.2 Å². The van der Waals surface area contributed by atoms with Crippen molar-refractivity contribution in [3.05, 3.63) is 59.5 Å². The summed E-state index contributed by atoms with van der Waals surface area (Å²) in [6.07, 6.45) is 5.01. The number of thiophene rings is 1. The van der Waals surface area contributed by atoms with Crippen molar-refractivity contribution in [1.82, 2.24) is 9.97 Å². The molecule has 250 valence electrons. The van der Waals surface area contributed by atoms with E-state index in [2.05, 4.69) is 47.8 Å². The molecular formula is C35H40F2N4O4S2. The topological polar surface area (TPSA) is 114 Å². The zero-order valence-corrected chi connectivity index (χ0v) is 28.6. The number of aliphatic hydroxyl groups excluding tert-OH is 1. The van der Waals surface area contributed by atoms with Gasteiger partial charge in [0.25, 0.3) is 0 Å². The van der Waals surface area contributed by atoms with Crippen molar-refractivity contribution in [3.63, 3.8) is 0 Å². The first-order valence-electron chi connectivity index (χ1n) is 16.0. The molecule has 0 unspecified atom stereocenters. The number of Topliss-reactive ketones (excluding diaryl/α,β-unsaturated/α-hetero) is 1. The van der Waals surface area contributed by atoms with E-state index in [1.54, 1.807) is 6.08 Å². The highest BCUT2D eigenvalue weighted by molar-refractivity contribution is 7.99. The standard InChI is InChI=1S/C35H40F2N4O4S2/c1-6-33(4)16-26(34(5)19(2)9-12-35(20(3)29(33)44)13-10-25(42)28(34)35)45-27(43)18-47-32-39-30(23-11-14-46-31(23)40-32)41-38-17-21-7-8-22(36)15-24(21)37/h6-8,11,14-15,17,19-20,26,28-29,44H,1,9-10,12-13,16,18H2,2-5H3,(H,39,40,41)/b38-17+/t19-,20+,26-,28+,29+,33-,34+,35+/m1/s1. The number of ketones is 1. The molecule has 2 N–H and O–H groups in total. The number of benzene rings is 1. The van der Waals surface area contributed by atoms with E-state index in [1.807, 2.05) is 18.4 Å². The molecule has 0 saturated heterocycles. The molecule has 8 atom stereocenters. The minimum absolute atomic E-state index is 0.0745. The van der Waals surface area contributed by atoms with E-state index in [0.29, 0.717) is 34.0 Å². The van der Waals surface area contributed by atoms with E-state index >= 15 is 0 Å². The number of ether oxygens (including phenoxy) is 1. The minimum atomic E-state index is -0.741. The third-order valence-corrected chi connectivity index (χ3v) is 13.2. The van der Waals surface area contributed by atoms with Gasteiger partial charge in [0.2, 0.25) is 0 Å². The van der Waals surface area contributed by atoms with Crippen molar-refractivity contribution in [2.24, 2.45) is 39.1 Å². The first-order valence-corrected chi connectivity index (χ1v) is 17.8. The lowest BCUT2D eigenvalue weighted by atomic mass is 9.44. The zero-order valence-electron chi connectivity index (χ0n) is 27.0. The van der Waals surface area contributed by atoms with Gasteiger partial charge < -0.3 is 9.84 Å². The fourth-order valence-corrected chi connectivity index (χ4v) is 10.0. The SMILES string of the molecule is C=C[C@]1(C)C[C@@H](OC(=O)CSc2nc(N/N=C/c3ccc(F)cc3F)c3ccsc3n2)[C@]2(C)[C@H](C)CC[C@]3(CCC(=O)[C@H]32)[C@@H](C)[C@@H]1O. The van der Waals surface area contributed by atoms with Crippen molar-refractivity contribution in [2.75, 3.05) is 11.2 Å². The number of nitrogens with one attached hydrogen (secondary N) is 1. The predicted octanol–water partition coefficient (Wildman–Crippen LogP) is 7.41. The van der Waals surface area contributed by atoms with E-state index < -0.39 is 40.6 Å². The molecule has 2 heterocycles. The lowest BCUT2D eigenvalue weighted by Crippen LogP contribution is -2.63. The number of carbonyl (C=O) groups is 2. The fourth-order valence-electron chi connectivity index (χ4n) is 8.57. The van der Waals surface area contributed by atoms with Gasteiger partial charge >= 0.3 is 5.97 Å². The number of halogens is 2. The van der Waals surface area contributed by atoms with Gasteiger partial charge in [-0.2, -0.15) is 5.10 Å². The first-order chi connectivity index (χ1) is 22.3. The van der Waals surface area contributed by atoms with Gasteiger partial charge in [0.1, 0.15) is 28.4 Å². The third-order valence-electron chi connectivity index (χ3n) is 11.5. The fraction of sp³-hybridized carbons (Fsp3) is 0.514. The van der Waals surface area contributed by atoms with Crippen molar-refractivity contribution in [1.29, 1.82) is 0 Å². The monoisotopic (exact) mass is 682 g/mol. The van der Waals surface area contributed by atoms with E-state index in [1.165, 1.54) is 23.6 Å². The minimum Gasteiger partial charge on any atom is -0.461 e. The molecule has 0 aliphatic heterocycles. The van der Waals surface area contributed by atoms with Gasteiger partial charge in [-0.15, -0.1) is 17.9 Å². The van der Waals surface area contributed by atoms with Crippen LogP contribution in [0.1, 0.15) is 65.4 Å². The summed E-state index contributed by atoms with van der Waals surface area (Å²) >= 11 is 2.52. The van der Waals surface area contributed by atoms with Crippen molar-refractivity contribution >= 4 is 57.1 Å². The van der Waals surface area contributed by atoms with E-state index in [4.69, 9.17) is 4.74 Å². The van der Waals surface area contributed by atoms with Crippen molar-refractivity contribution in [3.8, 4) is 0 Å². The Morgan fingerprint density at radius 2 is 2.04 bits per heavy atom. The Morgan fingerprint density at radius 1 is 1.26 bits per heavy atom. The summed E-state index contributed by atoms with van der Waals surface area (Å²) < 4.78 is 33.7. The Labute approximate surface area is 281 Å². The molecule has 3 saturated carbocycles. The van der Waals surface area contributed by atoms with Crippen LogP contribution in [0.15, 0.2) is 52.6 Å². The van der Waals surface area contributed by atoms with Crippen LogP contribution in [0.2, 0.25) is 0 Å². The molecule has 8 nitrogen and oxygen atoms in total. The van der Waals surface area contributed by atoms with Gasteiger partial charge in [-0.3, -0.25) is 15.0 Å². The molecule has 0 spiro atoms. The lowest BCUT2D eigenvalue weighted by Gasteiger charge is -2.61. The molecular weight excluding hydrogens is 643 g/mol. The molecule has 0 amide bonds. The third kappa shape index (κ3) is 5.80. The van der Waals surface area contributed by atoms with E-state index in [0.717, 1.165) is 43.2 Å². The molecule has 3 fully saturated rings. The van der Waals surface area contributed by atoms with Gasteiger partial charge in [0.05, 0.1) is 23.5 Å². The van der Waals surface area contributed by atoms with Gasteiger partial charge in [-0.1, -0.05) is 45.5 Å². The number of aromatic nitrogens is 2. The Kier molecular flexibility index (Phi) is 9.08. The largest absolute Gasteiger partial charge is 0.461 e. The molecule has 2 aromatic heterocycles. The highest BCUT2D eigenvalue weighted by Gasteiger charge is 2.68. The molecule has 47 heavy (non-hydrogen) atoms. The van der Waals surface area contributed by atoms with Crippen LogP contribution in [-0.2, 0) is 14.3 Å². The Bertz CT molecular complexity index is 1750. The van der Waals surface area contributed by atoms with Crippen LogP contribution in [-0.4, -0.2) is 51.0 Å². The highest BCUT2D eigenvalue weighted by Crippen LogP contribution is 2.68. The number of carbonyl (C=O) groups excluding carboxylic acids is 2. The Morgan fingerprint density at radius 3 is 2.79 bits per heavy atom. The smallest absolute Gasteiger partial charge is 0.316 e. The van der Waals surface area contributed by atoms with Gasteiger partial charge in [0.15, 0.2) is 11.0 Å². The number of fused-ring (bicyclic) bond motifs is 1. The Balaban J connectivity index is 1.23.